The molecule has 4 atom stereocenters. The first-order chi connectivity index (χ1) is 6.06. The van der Waals surface area contributed by atoms with Crippen molar-refractivity contribution in [3.8, 4) is 0 Å². The van der Waals surface area contributed by atoms with Crippen LogP contribution < -0.4 is 0 Å². The topological polar surface area (TPSA) is 84.2 Å². The molecule has 0 aromatic carbocycles. The number of likely N-dealkylation sites (N-methyl/N-ethyl adjacent to an activating group) is 1. The molecule has 4 unspecified atom stereocenters. The van der Waals surface area contributed by atoms with Crippen molar-refractivity contribution in [3.05, 3.63) is 0 Å². The van der Waals surface area contributed by atoms with E-state index in [9.17, 15) is 20.4 Å². The van der Waals surface area contributed by atoms with Gasteiger partial charge in [0.05, 0.1) is 12.2 Å². The van der Waals surface area contributed by atoms with Gasteiger partial charge in [0, 0.05) is 13.1 Å². The Labute approximate surface area is 77.2 Å². The van der Waals surface area contributed by atoms with Crippen LogP contribution in [-0.2, 0) is 0 Å². The van der Waals surface area contributed by atoms with Gasteiger partial charge in [0.2, 0.25) is 0 Å². The molecule has 5 nitrogen and oxygen atoms in total. The second-order valence-corrected chi connectivity index (χ2v) is 3.47. The van der Waals surface area contributed by atoms with Crippen LogP contribution >= 0.6 is 0 Å². The van der Waals surface area contributed by atoms with E-state index in [1.807, 2.05) is 6.92 Å². The summed E-state index contributed by atoms with van der Waals surface area (Å²) in [5.74, 6) is 0. The predicted octanol–water partition coefficient (Wildman–Crippen LogP) is -2.23. The van der Waals surface area contributed by atoms with Crippen molar-refractivity contribution >= 4 is 0 Å². The molecule has 4 N–H and O–H groups in total. The van der Waals surface area contributed by atoms with Crippen LogP contribution in [0.25, 0.3) is 0 Å². The summed E-state index contributed by atoms with van der Waals surface area (Å²) < 4.78 is 0. The lowest BCUT2D eigenvalue weighted by molar-refractivity contribution is -0.0894. The second kappa shape index (κ2) is 4.34. The Morgan fingerprint density at radius 1 is 1.00 bits per heavy atom. The molecule has 5 heteroatoms. The minimum absolute atomic E-state index is 0.284. The van der Waals surface area contributed by atoms with Crippen molar-refractivity contribution < 1.29 is 20.4 Å². The first-order valence-corrected chi connectivity index (χ1v) is 4.51. The fourth-order valence-electron chi connectivity index (χ4n) is 1.53. The Balaban J connectivity index is 2.66. The van der Waals surface area contributed by atoms with Crippen molar-refractivity contribution in [1.29, 1.82) is 0 Å². The molecule has 0 bridgehead atoms. The van der Waals surface area contributed by atoms with E-state index in [2.05, 4.69) is 0 Å². The van der Waals surface area contributed by atoms with Gasteiger partial charge in [-0.25, -0.2) is 0 Å². The summed E-state index contributed by atoms with van der Waals surface area (Å²) in [5.41, 5.74) is 0. The molecular formula is C8H17NO4. The first-order valence-electron chi connectivity index (χ1n) is 4.51. The average Bonchev–Trinajstić information content (AvgIpc) is 2.20. The van der Waals surface area contributed by atoms with Crippen molar-refractivity contribution in [2.45, 2.75) is 31.3 Å². The molecule has 1 aliphatic heterocycles. The lowest BCUT2D eigenvalue weighted by atomic mass is 10.1. The number of aliphatic hydroxyl groups excluding tert-OH is 4. The molecule has 1 heterocycles. The van der Waals surface area contributed by atoms with E-state index < -0.39 is 24.4 Å². The quantitative estimate of drug-likeness (QED) is 0.377. The van der Waals surface area contributed by atoms with Gasteiger partial charge < -0.3 is 20.4 Å². The third-order valence-electron chi connectivity index (χ3n) is 2.48. The van der Waals surface area contributed by atoms with Gasteiger partial charge in [0.25, 0.3) is 0 Å². The highest BCUT2D eigenvalue weighted by atomic mass is 16.4. The van der Waals surface area contributed by atoms with E-state index in [1.54, 1.807) is 4.90 Å². The summed E-state index contributed by atoms with van der Waals surface area (Å²) in [6.07, 6.45) is -4.50. The Bertz CT molecular complexity index is 150. The van der Waals surface area contributed by atoms with E-state index in [4.69, 9.17) is 0 Å². The van der Waals surface area contributed by atoms with Crippen molar-refractivity contribution in [3.63, 3.8) is 0 Å². The number of nitrogens with zero attached hydrogens (tertiary/aromatic N) is 1. The fourth-order valence-corrected chi connectivity index (χ4v) is 1.53. The molecule has 13 heavy (non-hydrogen) atoms. The SMILES string of the molecule is CCN1CC(O)C(O)C(O)C(O)C1. The lowest BCUT2D eigenvalue weighted by Gasteiger charge is -2.21. The third kappa shape index (κ3) is 2.38. The van der Waals surface area contributed by atoms with Crippen LogP contribution in [0.4, 0.5) is 0 Å². The van der Waals surface area contributed by atoms with Gasteiger partial charge >= 0.3 is 0 Å². The van der Waals surface area contributed by atoms with E-state index in [0.717, 1.165) is 0 Å². The van der Waals surface area contributed by atoms with Gasteiger partial charge in [-0.05, 0) is 6.54 Å². The summed E-state index contributed by atoms with van der Waals surface area (Å²) >= 11 is 0. The van der Waals surface area contributed by atoms with Crippen LogP contribution in [0.1, 0.15) is 6.92 Å². The average molecular weight is 191 g/mol. The molecule has 1 aliphatic rings. The van der Waals surface area contributed by atoms with Crippen LogP contribution in [0.3, 0.4) is 0 Å². The molecule has 0 aromatic rings. The number of hydrogen-bond acceptors (Lipinski definition) is 5. The molecule has 78 valence electrons. The third-order valence-corrected chi connectivity index (χ3v) is 2.48. The fraction of sp³-hybridized carbons (Fsp3) is 1.00. The summed E-state index contributed by atoms with van der Waals surface area (Å²) in [6.45, 7) is 3.13. The van der Waals surface area contributed by atoms with Crippen molar-refractivity contribution in [2.24, 2.45) is 0 Å². The minimum atomic E-state index is -1.26. The number of β-amino-alcohol motifs (C(OH)–C–C–N with tert-alkyl or cyclic N) is 2. The molecule has 0 saturated carbocycles. The van der Waals surface area contributed by atoms with E-state index >= 15 is 0 Å². The van der Waals surface area contributed by atoms with E-state index in [0.29, 0.717) is 6.54 Å². The van der Waals surface area contributed by atoms with Crippen LogP contribution in [0.5, 0.6) is 0 Å². The summed E-state index contributed by atoms with van der Waals surface area (Å²) in [7, 11) is 0. The first kappa shape index (κ1) is 10.9. The zero-order chi connectivity index (χ0) is 10.0. The summed E-state index contributed by atoms with van der Waals surface area (Å²) in [6, 6.07) is 0. The number of aliphatic hydroxyl groups is 4. The predicted molar refractivity (Wildman–Crippen MR) is 46.1 cm³/mol. The second-order valence-electron chi connectivity index (χ2n) is 3.47. The maximum atomic E-state index is 9.38. The van der Waals surface area contributed by atoms with Gasteiger partial charge in [-0.3, -0.25) is 4.90 Å². The van der Waals surface area contributed by atoms with E-state index in [-0.39, 0.29) is 13.1 Å². The Morgan fingerprint density at radius 3 is 1.69 bits per heavy atom. The van der Waals surface area contributed by atoms with Gasteiger partial charge in [-0.2, -0.15) is 0 Å². The van der Waals surface area contributed by atoms with Crippen molar-refractivity contribution in [1.82, 2.24) is 4.90 Å². The van der Waals surface area contributed by atoms with Crippen LogP contribution in [0, 0.1) is 0 Å². The zero-order valence-electron chi connectivity index (χ0n) is 7.67. The molecule has 0 aromatic heterocycles. The standard InChI is InChI=1S/C8H17NO4/c1-2-9-3-5(10)7(12)8(13)6(11)4-9/h5-8,10-13H,2-4H2,1H3. The summed E-state index contributed by atoms with van der Waals surface area (Å²) in [4.78, 5) is 1.79. The number of hydrogen-bond donors (Lipinski definition) is 4. The van der Waals surface area contributed by atoms with Gasteiger partial charge in [0.15, 0.2) is 0 Å². The smallest absolute Gasteiger partial charge is 0.110 e. The molecule has 1 rings (SSSR count). The Kier molecular flexibility index (Phi) is 3.63. The van der Waals surface area contributed by atoms with Gasteiger partial charge in [-0.1, -0.05) is 6.92 Å². The highest BCUT2D eigenvalue weighted by molar-refractivity contribution is 4.88. The molecule has 0 aliphatic carbocycles. The minimum Gasteiger partial charge on any atom is -0.389 e. The molecular weight excluding hydrogens is 174 g/mol. The highest BCUT2D eigenvalue weighted by Crippen LogP contribution is 2.12. The normalized spacial score (nSPS) is 43.2. The maximum absolute atomic E-state index is 9.38. The largest absolute Gasteiger partial charge is 0.389 e. The van der Waals surface area contributed by atoms with Gasteiger partial charge in [0.1, 0.15) is 12.2 Å². The summed E-state index contributed by atoms with van der Waals surface area (Å²) in [5, 5.41) is 37.4. The van der Waals surface area contributed by atoms with Crippen LogP contribution in [-0.4, -0.2) is 69.4 Å². The molecule has 1 saturated heterocycles. The Morgan fingerprint density at radius 2 is 1.38 bits per heavy atom. The molecule has 1 fully saturated rings. The molecule has 0 radical (unpaired) electrons. The highest BCUT2D eigenvalue weighted by Gasteiger charge is 2.35. The number of rotatable bonds is 1. The Hall–Kier alpha value is -0.200. The molecule has 0 amide bonds. The molecule has 0 spiro atoms. The van der Waals surface area contributed by atoms with Gasteiger partial charge in [-0.15, -0.1) is 0 Å². The van der Waals surface area contributed by atoms with Crippen molar-refractivity contribution in [2.75, 3.05) is 19.6 Å². The number of likely N-dealkylation sites (tertiary alicyclic amines) is 1. The lowest BCUT2D eigenvalue weighted by Crippen LogP contribution is -2.43. The van der Waals surface area contributed by atoms with E-state index in [1.165, 1.54) is 0 Å². The monoisotopic (exact) mass is 191 g/mol. The maximum Gasteiger partial charge on any atom is 0.110 e. The van der Waals surface area contributed by atoms with Crippen LogP contribution in [0.15, 0.2) is 0 Å². The zero-order valence-corrected chi connectivity index (χ0v) is 7.67. The van der Waals surface area contributed by atoms with Crippen LogP contribution in [0.2, 0.25) is 0 Å².